The molecule has 0 N–H and O–H groups in total. The number of nitrogens with zero attached hydrogens (tertiary/aromatic N) is 5. The topological polar surface area (TPSA) is 113 Å². The smallest absolute Gasteiger partial charge is 0.410 e. The highest BCUT2D eigenvalue weighted by atomic mass is 19.1. The Morgan fingerprint density at radius 2 is 1.88 bits per heavy atom. The predicted molar refractivity (Wildman–Crippen MR) is 114 cm³/mol. The molecule has 1 aliphatic heterocycles. The van der Waals surface area contributed by atoms with Crippen LogP contribution in [-0.2, 0) is 4.74 Å². The molecule has 0 radical (unpaired) electrons. The molecule has 2 amide bonds. The Kier molecular flexibility index (Phi) is 6.06. The molecule has 2 aliphatic rings. The fraction of sp³-hybridized carbons (Fsp3) is 0.522. The van der Waals surface area contributed by atoms with Crippen molar-refractivity contribution in [3.8, 4) is 17.5 Å². The van der Waals surface area contributed by atoms with Gasteiger partial charge in [0, 0.05) is 25.2 Å². The normalized spacial score (nSPS) is 16.9. The second-order valence-corrected chi connectivity index (χ2v) is 9.37. The zero-order valence-corrected chi connectivity index (χ0v) is 18.9. The Morgan fingerprint density at radius 1 is 1.21 bits per heavy atom. The van der Waals surface area contributed by atoms with Crippen LogP contribution in [0.4, 0.5) is 9.18 Å². The van der Waals surface area contributed by atoms with Gasteiger partial charge in [-0.05, 0) is 64.7 Å². The summed E-state index contributed by atoms with van der Waals surface area (Å²) in [5.41, 5.74) is -0.358. The number of benzene rings is 1. The highest BCUT2D eigenvalue weighted by Gasteiger charge is 2.41. The number of piperidine rings is 1. The van der Waals surface area contributed by atoms with Crippen molar-refractivity contribution >= 4 is 12.0 Å². The molecule has 2 aromatic rings. The van der Waals surface area contributed by atoms with Crippen LogP contribution in [0, 0.1) is 17.1 Å². The SMILES string of the molecule is CC(C)(C)OC(=O)N1CCC(N(C(=O)c2noc(-c3ccc(C#N)cc3F)n2)C2CC2)CC1. The average molecular weight is 455 g/mol. The molecule has 0 atom stereocenters. The third-order valence-electron chi connectivity index (χ3n) is 5.63. The zero-order chi connectivity index (χ0) is 23.8. The van der Waals surface area contributed by atoms with E-state index in [-0.39, 0.29) is 46.9 Å². The summed E-state index contributed by atoms with van der Waals surface area (Å²) in [6, 6.07) is 5.80. The van der Waals surface area contributed by atoms with Gasteiger partial charge in [-0.2, -0.15) is 10.2 Å². The van der Waals surface area contributed by atoms with Crippen molar-refractivity contribution in [3.05, 3.63) is 35.4 Å². The zero-order valence-electron chi connectivity index (χ0n) is 18.9. The quantitative estimate of drug-likeness (QED) is 0.690. The minimum Gasteiger partial charge on any atom is -0.444 e. The minimum absolute atomic E-state index is 0.0317. The van der Waals surface area contributed by atoms with Crippen molar-refractivity contribution in [3.63, 3.8) is 0 Å². The number of likely N-dealkylation sites (tertiary alicyclic amines) is 1. The predicted octanol–water partition coefficient (Wildman–Crippen LogP) is 3.75. The van der Waals surface area contributed by atoms with Crippen LogP contribution < -0.4 is 0 Å². The first-order valence-electron chi connectivity index (χ1n) is 11.0. The second-order valence-electron chi connectivity index (χ2n) is 9.37. The van der Waals surface area contributed by atoms with Gasteiger partial charge in [-0.25, -0.2) is 9.18 Å². The first-order valence-corrected chi connectivity index (χ1v) is 11.0. The third kappa shape index (κ3) is 5.13. The number of amides is 2. The molecular weight excluding hydrogens is 429 g/mol. The van der Waals surface area contributed by atoms with Crippen molar-refractivity contribution in [1.29, 1.82) is 5.26 Å². The molecule has 2 heterocycles. The van der Waals surface area contributed by atoms with Crippen LogP contribution >= 0.6 is 0 Å². The molecule has 10 heteroatoms. The summed E-state index contributed by atoms with van der Waals surface area (Å²) in [5, 5.41) is 12.7. The number of carbonyl (C=O) groups is 2. The molecule has 1 aromatic heterocycles. The summed E-state index contributed by atoms with van der Waals surface area (Å²) in [6.45, 7) is 6.46. The van der Waals surface area contributed by atoms with E-state index in [2.05, 4.69) is 10.1 Å². The Bertz CT molecular complexity index is 1090. The van der Waals surface area contributed by atoms with Gasteiger partial charge in [0.1, 0.15) is 11.4 Å². The lowest BCUT2D eigenvalue weighted by Crippen LogP contribution is -2.50. The first-order chi connectivity index (χ1) is 15.7. The number of hydrogen-bond acceptors (Lipinski definition) is 7. The lowest BCUT2D eigenvalue weighted by Gasteiger charge is -2.38. The largest absolute Gasteiger partial charge is 0.444 e. The van der Waals surface area contributed by atoms with Gasteiger partial charge in [0.05, 0.1) is 17.2 Å². The molecular formula is C23H26FN5O4. The number of ether oxygens (including phenoxy) is 1. The summed E-state index contributed by atoms with van der Waals surface area (Å²) >= 11 is 0. The van der Waals surface area contributed by atoms with Gasteiger partial charge in [0.2, 0.25) is 0 Å². The van der Waals surface area contributed by atoms with Gasteiger partial charge in [0.25, 0.3) is 17.6 Å². The van der Waals surface area contributed by atoms with E-state index in [1.54, 1.807) is 9.80 Å². The van der Waals surface area contributed by atoms with Crippen molar-refractivity contribution in [2.45, 2.75) is 64.1 Å². The average Bonchev–Trinajstić information content (AvgIpc) is 3.47. The molecule has 4 rings (SSSR count). The molecule has 0 spiro atoms. The molecule has 1 saturated carbocycles. The number of hydrogen-bond donors (Lipinski definition) is 0. The maximum atomic E-state index is 14.3. The van der Waals surface area contributed by atoms with E-state index in [9.17, 15) is 14.0 Å². The Hall–Kier alpha value is -3.48. The van der Waals surface area contributed by atoms with Gasteiger partial charge in [0.15, 0.2) is 0 Å². The van der Waals surface area contributed by atoms with E-state index < -0.39 is 11.4 Å². The molecule has 2 fully saturated rings. The summed E-state index contributed by atoms with van der Waals surface area (Å²) in [4.78, 5) is 33.2. The molecule has 1 saturated heterocycles. The van der Waals surface area contributed by atoms with Gasteiger partial charge < -0.3 is 19.1 Å². The van der Waals surface area contributed by atoms with E-state index in [0.717, 1.165) is 18.9 Å². The number of rotatable bonds is 4. The first kappa shape index (κ1) is 22.7. The Morgan fingerprint density at radius 3 is 2.45 bits per heavy atom. The second kappa shape index (κ2) is 8.81. The molecule has 1 aliphatic carbocycles. The van der Waals surface area contributed by atoms with Crippen LogP contribution in [0.5, 0.6) is 0 Å². The van der Waals surface area contributed by atoms with Crippen molar-refractivity contribution in [1.82, 2.24) is 19.9 Å². The summed E-state index contributed by atoms with van der Waals surface area (Å²) < 4.78 is 24.9. The monoisotopic (exact) mass is 455 g/mol. The fourth-order valence-electron chi connectivity index (χ4n) is 3.93. The van der Waals surface area contributed by atoms with E-state index in [0.29, 0.717) is 25.9 Å². The number of aromatic nitrogens is 2. The third-order valence-corrected chi connectivity index (χ3v) is 5.63. The maximum absolute atomic E-state index is 14.3. The molecule has 33 heavy (non-hydrogen) atoms. The van der Waals surface area contributed by atoms with Gasteiger partial charge in [-0.15, -0.1) is 0 Å². The molecule has 1 aromatic carbocycles. The van der Waals surface area contributed by atoms with Crippen LogP contribution in [0.15, 0.2) is 22.7 Å². The highest BCUT2D eigenvalue weighted by molar-refractivity contribution is 5.91. The molecule has 174 valence electrons. The number of halogens is 1. The maximum Gasteiger partial charge on any atom is 0.410 e. The van der Waals surface area contributed by atoms with E-state index in [1.807, 2.05) is 26.8 Å². The lowest BCUT2D eigenvalue weighted by molar-refractivity contribution is 0.0140. The minimum atomic E-state index is -0.676. The Balaban J connectivity index is 1.45. The van der Waals surface area contributed by atoms with Crippen molar-refractivity contribution in [2.24, 2.45) is 0 Å². The molecule has 0 unspecified atom stereocenters. The standard InChI is InChI=1S/C23H26FN5O4/c1-23(2,3)32-22(31)28-10-8-16(9-11-28)29(15-5-6-15)21(30)19-26-20(33-27-19)17-7-4-14(13-25)12-18(17)24/h4,7,12,15-16H,5-6,8-11H2,1-3H3. The molecule has 0 bridgehead atoms. The van der Waals surface area contributed by atoms with Gasteiger partial charge in [-0.1, -0.05) is 5.16 Å². The van der Waals surface area contributed by atoms with E-state index >= 15 is 0 Å². The molecule has 9 nitrogen and oxygen atoms in total. The van der Waals surface area contributed by atoms with Gasteiger partial charge >= 0.3 is 6.09 Å². The van der Waals surface area contributed by atoms with Crippen LogP contribution in [0.1, 0.15) is 62.6 Å². The van der Waals surface area contributed by atoms with Crippen LogP contribution in [0.25, 0.3) is 11.5 Å². The van der Waals surface area contributed by atoms with E-state index in [4.69, 9.17) is 14.5 Å². The van der Waals surface area contributed by atoms with Crippen LogP contribution in [0.3, 0.4) is 0 Å². The Labute approximate surface area is 191 Å². The summed E-state index contributed by atoms with van der Waals surface area (Å²) in [6.07, 6.45) is 2.69. The fourth-order valence-corrected chi connectivity index (χ4v) is 3.93. The van der Waals surface area contributed by atoms with Gasteiger partial charge in [-0.3, -0.25) is 4.79 Å². The summed E-state index contributed by atoms with van der Waals surface area (Å²) in [5.74, 6) is -1.28. The summed E-state index contributed by atoms with van der Waals surface area (Å²) in [7, 11) is 0. The van der Waals surface area contributed by atoms with Crippen molar-refractivity contribution < 1.29 is 23.2 Å². The van der Waals surface area contributed by atoms with Crippen molar-refractivity contribution in [2.75, 3.05) is 13.1 Å². The number of nitriles is 1. The van der Waals surface area contributed by atoms with E-state index in [1.165, 1.54) is 12.1 Å². The lowest BCUT2D eigenvalue weighted by atomic mass is 10.0. The number of carbonyl (C=O) groups excluding carboxylic acids is 2. The highest BCUT2D eigenvalue weighted by Crippen LogP contribution is 2.33. The van der Waals surface area contributed by atoms with Crippen LogP contribution in [0.2, 0.25) is 0 Å². The van der Waals surface area contributed by atoms with Crippen LogP contribution in [-0.4, -0.2) is 62.7 Å².